The maximum atomic E-state index is 12.9. The van der Waals surface area contributed by atoms with Crippen LogP contribution in [0.25, 0.3) is 0 Å². The van der Waals surface area contributed by atoms with E-state index in [-0.39, 0.29) is 24.5 Å². The van der Waals surface area contributed by atoms with Crippen LogP contribution in [0.15, 0.2) is 24.3 Å². The molecule has 0 bridgehead atoms. The molecular weight excluding hydrogens is 394 g/mol. The summed E-state index contributed by atoms with van der Waals surface area (Å²) in [6.07, 6.45) is 3.76. The first kappa shape index (κ1) is 22.1. The summed E-state index contributed by atoms with van der Waals surface area (Å²) in [6.45, 7) is 9.40. The standard InChI is InChI=1S/C24H35N3O4/c1-18(2)25-11-13-26(14-12-25)24(29)19-3-7-21(8-4-19)31-22-9-5-20(6-10-22)27-15-16-30-17-23(27)28/h5-6,9-10,18-19,21H,3-4,7-8,11-17H2,1-2H3. The Kier molecular flexibility index (Phi) is 7.13. The molecule has 2 aliphatic heterocycles. The van der Waals surface area contributed by atoms with Gasteiger partial charge in [-0.3, -0.25) is 14.5 Å². The third kappa shape index (κ3) is 5.39. The number of nitrogens with zero attached hydrogens (tertiary/aromatic N) is 3. The molecule has 0 radical (unpaired) electrons. The minimum Gasteiger partial charge on any atom is -0.490 e. The Morgan fingerprint density at radius 1 is 1.00 bits per heavy atom. The number of ether oxygens (including phenoxy) is 2. The number of hydrogen-bond acceptors (Lipinski definition) is 5. The fourth-order valence-corrected chi connectivity index (χ4v) is 4.83. The van der Waals surface area contributed by atoms with E-state index in [0.29, 0.717) is 25.1 Å². The number of hydrogen-bond donors (Lipinski definition) is 0. The molecule has 0 atom stereocenters. The van der Waals surface area contributed by atoms with E-state index in [1.54, 1.807) is 4.90 Å². The van der Waals surface area contributed by atoms with E-state index in [2.05, 4.69) is 23.6 Å². The van der Waals surface area contributed by atoms with Crippen LogP contribution in [0.2, 0.25) is 0 Å². The molecule has 1 aromatic rings. The average Bonchev–Trinajstić information content (AvgIpc) is 2.80. The van der Waals surface area contributed by atoms with E-state index in [1.807, 2.05) is 24.3 Å². The number of rotatable bonds is 5. The second-order valence-electron chi connectivity index (χ2n) is 9.14. The van der Waals surface area contributed by atoms with Crippen LogP contribution >= 0.6 is 0 Å². The quantitative estimate of drug-likeness (QED) is 0.720. The summed E-state index contributed by atoms with van der Waals surface area (Å²) < 4.78 is 11.4. The van der Waals surface area contributed by atoms with Crippen LogP contribution in [0.1, 0.15) is 39.5 Å². The highest BCUT2D eigenvalue weighted by Crippen LogP contribution is 2.30. The molecular formula is C24H35N3O4. The van der Waals surface area contributed by atoms with Crippen molar-refractivity contribution in [2.75, 3.05) is 50.8 Å². The molecule has 2 amide bonds. The van der Waals surface area contributed by atoms with Crippen molar-refractivity contribution in [2.45, 2.75) is 51.7 Å². The van der Waals surface area contributed by atoms with Gasteiger partial charge in [-0.05, 0) is 63.8 Å². The summed E-state index contributed by atoms with van der Waals surface area (Å²) in [6, 6.07) is 8.29. The van der Waals surface area contributed by atoms with E-state index >= 15 is 0 Å². The van der Waals surface area contributed by atoms with Crippen molar-refractivity contribution < 1.29 is 19.1 Å². The Morgan fingerprint density at radius 2 is 1.68 bits per heavy atom. The summed E-state index contributed by atoms with van der Waals surface area (Å²) in [5, 5.41) is 0. The Morgan fingerprint density at radius 3 is 2.29 bits per heavy atom. The average molecular weight is 430 g/mol. The SMILES string of the molecule is CC(C)N1CCN(C(=O)C2CCC(Oc3ccc(N4CCOCC4=O)cc3)CC2)CC1. The lowest BCUT2D eigenvalue weighted by molar-refractivity contribution is -0.139. The van der Waals surface area contributed by atoms with Gasteiger partial charge in [0, 0.05) is 50.4 Å². The molecule has 0 N–H and O–H groups in total. The van der Waals surface area contributed by atoms with Gasteiger partial charge < -0.3 is 19.3 Å². The highest BCUT2D eigenvalue weighted by atomic mass is 16.5. The molecule has 1 saturated carbocycles. The summed E-state index contributed by atoms with van der Waals surface area (Å²) in [5.41, 5.74) is 0.882. The number of anilines is 1. The van der Waals surface area contributed by atoms with E-state index in [0.717, 1.165) is 63.3 Å². The first-order chi connectivity index (χ1) is 15.0. The van der Waals surface area contributed by atoms with Gasteiger partial charge in [0.05, 0.1) is 12.7 Å². The molecule has 170 valence electrons. The Labute approximate surface area is 185 Å². The van der Waals surface area contributed by atoms with Crippen molar-refractivity contribution in [3.8, 4) is 5.75 Å². The van der Waals surface area contributed by atoms with Gasteiger partial charge in [0.25, 0.3) is 5.91 Å². The summed E-state index contributed by atoms with van der Waals surface area (Å²) >= 11 is 0. The number of carbonyl (C=O) groups is 2. The zero-order chi connectivity index (χ0) is 21.8. The molecule has 0 aromatic heterocycles. The molecule has 2 heterocycles. The van der Waals surface area contributed by atoms with Crippen molar-refractivity contribution in [1.29, 1.82) is 0 Å². The lowest BCUT2D eigenvalue weighted by Gasteiger charge is -2.39. The molecule has 7 heteroatoms. The number of amides is 2. The Balaban J connectivity index is 1.23. The summed E-state index contributed by atoms with van der Waals surface area (Å²) in [7, 11) is 0. The largest absolute Gasteiger partial charge is 0.490 e. The third-order valence-electron chi connectivity index (χ3n) is 6.82. The fourth-order valence-electron chi connectivity index (χ4n) is 4.83. The molecule has 7 nitrogen and oxygen atoms in total. The zero-order valence-electron chi connectivity index (χ0n) is 18.8. The molecule has 31 heavy (non-hydrogen) atoms. The maximum absolute atomic E-state index is 12.9. The lowest BCUT2D eigenvalue weighted by Crippen LogP contribution is -2.52. The van der Waals surface area contributed by atoms with Gasteiger partial charge in [0.2, 0.25) is 5.91 Å². The summed E-state index contributed by atoms with van der Waals surface area (Å²) in [4.78, 5) is 31.2. The van der Waals surface area contributed by atoms with Gasteiger partial charge in [0.1, 0.15) is 12.4 Å². The number of benzene rings is 1. The smallest absolute Gasteiger partial charge is 0.253 e. The third-order valence-corrected chi connectivity index (χ3v) is 6.82. The summed E-state index contributed by atoms with van der Waals surface area (Å²) in [5.74, 6) is 1.29. The van der Waals surface area contributed by atoms with E-state index in [9.17, 15) is 9.59 Å². The number of carbonyl (C=O) groups excluding carboxylic acids is 2. The van der Waals surface area contributed by atoms with E-state index in [4.69, 9.17) is 9.47 Å². The maximum Gasteiger partial charge on any atom is 0.253 e. The van der Waals surface area contributed by atoms with Crippen molar-refractivity contribution in [2.24, 2.45) is 5.92 Å². The molecule has 2 saturated heterocycles. The van der Waals surface area contributed by atoms with E-state index < -0.39 is 0 Å². The molecule has 3 fully saturated rings. The van der Waals surface area contributed by atoms with Crippen molar-refractivity contribution >= 4 is 17.5 Å². The van der Waals surface area contributed by atoms with Crippen molar-refractivity contribution in [3.63, 3.8) is 0 Å². The van der Waals surface area contributed by atoms with Crippen LogP contribution in [0.5, 0.6) is 5.75 Å². The normalized spacial score (nSPS) is 25.7. The van der Waals surface area contributed by atoms with Crippen LogP contribution in [0, 0.1) is 5.92 Å². The second kappa shape index (κ2) is 10.0. The lowest BCUT2D eigenvalue weighted by atomic mass is 9.86. The first-order valence-corrected chi connectivity index (χ1v) is 11.7. The topological polar surface area (TPSA) is 62.3 Å². The Bertz CT molecular complexity index is 751. The van der Waals surface area contributed by atoms with Gasteiger partial charge in [-0.15, -0.1) is 0 Å². The predicted octanol–water partition coefficient (Wildman–Crippen LogP) is 2.54. The molecule has 1 aliphatic carbocycles. The zero-order valence-corrected chi connectivity index (χ0v) is 18.8. The molecule has 0 spiro atoms. The van der Waals surface area contributed by atoms with E-state index in [1.165, 1.54) is 0 Å². The van der Waals surface area contributed by atoms with Gasteiger partial charge >= 0.3 is 0 Å². The van der Waals surface area contributed by atoms with Crippen LogP contribution < -0.4 is 9.64 Å². The van der Waals surface area contributed by atoms with Crippen LogP contribution in [-0.2, 0) is 14.3 Å². The molecule has 1 aromatic carbocycles. The van der Waals surface area contributed by atoms with Crippen LogP contribution in [0.4, 0.5) is 5.69 Å². The van der Waals surface area contributed by atoms with Crippen LogP contribution in [-0.4, -0.2) is 79.7 Å². The molecule has 3 aliphatic rings. The first-order valence-electron chi connectivity index (χ1n) is 11.7. The Hall–Kier alpha value is -2.12. The van der Waals surface area contributed by atoms with Gasteiger partial charge in [0.15, 0.2) is 0 Å². The highest BCUT2D eigenvalue weighted by Gasteiger charge is 2.32. The van der Waals surface area contributed by atoms with Gasteiger partial charge in [-0.2, -0.15) is 0 Å². The highest BCUT2D eigenvalue weighted by molar-refractivity contribution is 5.94. The van der Waals surface area contributed by atoms with Gasteiger partial charge in [-0.25, -0.2) is 0 Å². The number of piperazine rings is 1. The monoisotopic (exact) mass is 429 g/mol. The minimum absolute atomic E-state index is 0.00599. The van der Waals surface area contributed by atoms with Gasteiger partial charge in [-0.1, -0.05) is 0 Å². The van der Waals surface area contributed by atoms with Crippen molar-refractivity contribution in [1.82, 2.24) is 9.80 Å². The van der Waals surface area contributed by atoms with Crippen molar-refractivity contribution in [3.05, 3.63) is 24.3 Å². The minimum atomic E-state index is -0.00599. The predicted molar refractivity (Wildman–Crippen MR) is 119 cm³/mol. The molecule has 0 unspecified atom stereocenters. The molecule has 4 rings (SSSR count). The second-order valence-corrected chi connectivity index (χ2v) is 9.14. The fraction of sp³-hybridized carbons (Fsp3) is 0.667. The van der Waals surface area contributed by atoms with Crippen LogP contribution in [0.3, 0.4) is 0 Å². The number of morpholine rings is 1.